The number of pyridine rings is 1. The molecule has 1 heterocycles. The Hall–Kier alpha value is -2.43. The zero-order valence-corrected chi connectivity index (χ0v) is 16.1. The van der Waals surface area contributed by atoms with Crippen LogP contribution in [0.2, 0.25) is 0 Å². The number of hydrogen-bond donors (Lipinski definition) is 2. The van der Waals surface area contributed by atoms with Crippen molar-refractivity contribution in [2.75, 3.05) is 13.1 Å². The third-order valence-electron chi connectivity index (χ3n) is 4.83. The molecule has 0 saturated carbocycles. The van der Waals surface area contributed by atoms with Crippen LogP contribution in [0.15, 0.2) is 36.7 Å². The van der Waals surface area contributed by atoms with Crippen molar-refractivity contribution in [1.82, 2.24) is 15.6 Å². The largest absolute Gasteiger partial charge is 0.356 e. The van der Waals surface area contributed by atoms with Gasteiger partial charge in [0, 0.05) is 42.9 Å². The Labute approximate surface area is 155 Å². The Morgan fingerprint density at radius 1 is 1.04 bits per heavy atom. The Bertz CT molecular complexity index is 753. The standard InChI is InChI=1S/C21H29N3O2/c1-14(2)16(4)10-20(25)23-11-15(3)12-24-21(26)18-7-5-6-17-8-9-22-13-19(17)18/h5-9,13-16H,10-12H2,1-4H3,(H,23,25)(H,24,26). The molecule has 1 aromatic heterocycles. The summed E-state index contributed by atoms with van der Waals surface area (Å²) in [7, 11) is 0. The zero-order chi connectivity index (χ0) is 19.1. The minimum Gasteiger partial charge on any atom is -0.356 e. The highest BCUT2D eigenvalue weighted by Crippen LogP contribution is 2.17. The molecule has 0 aliphatic heterocycles. The SMILES string of the molecule is CC(CNC(=O)CC(C)C(C)C)CNC(=O)c1cccc2ccncc12. The lowest BCUT2D eigenvalue weighted by molar-refractivity contribution is -0.122. The fraction of sp³-hybridized carbons (Fsp3) is 0.476. The van der Waals surface area contributed by atoms with E-state index in [2.05, 4.69) is 36.4 Å². The predicted molar refractivity (Wildman–Crippen MR) is 105 cm³/mol. The normalized spacial score (nSPS) is 13.4. The summed E-state index contributed by atoms with van der Waals surface area (Å²) in [6.45, 7) is 9.42. The first-order valence-corrected chi connectivity index (χ1v) is 9.26. The molecule has 1 aromatic carbocycles. The molecule has 2 N–H and O–H groups in total. The van der Waals surface area contributed by atoms with Crippen LogP contribution in [0.1, 0.15) is 44.5 Å². The van der Waals surface area contributed by atoms with Crippen LogP contribution in [0.5, 0.6) is 0 Å². The van der Waals surface area contributed by atoms with Gasteiger partial charge in [0.1, 0.15) is 0 Å². The fourth-order valence-corrected chi connectivity index (χ4v) is 2.63. The lowest BCUT2D eigenvalue weighted by atomic mass is 9.94. The molecule has 2 rings (SSSR count). The van der Waals surface area contributed by atoms with Gasteiger partial charge in [-0.2, -0.15) is 0 Å². The van der Waals surface area contributed by atoms with Crippen LogP contribution in [-0.4, -0.2) is 29.9 Å². The number of nitrogens with one attached hydrogen (secondary N) is 2. The van der Waals surface area contributed by atoms with E-state index in [0.717, 1.165) is 10.8 Å². The highest BCUT2D eigenvalue weighted by atomic mass is 16.2. The highest BCUT2D eigenvalue weighted by molar-refractivity contribution is 6.06. The van der Waals surface area contributed by atoms with Gasteiger partial charge in [-0.3, -0.25) is 14.6 Å². The van der Waals surface area contributed by atoms with Crippen molar-refractivity contribution in [3.05, 3.63) is 42.2 Å². The smallest absolute Gasteiger partial charge is 0.251 e. The average Bonchev–Trinajstić information content (AvgIpc) is 2.63. The molecule has 2 unspecified atom stereocenters. The maximum atomic E-state index is 12.5. The lowest BCUT2D eigenvalue weighted by Crippen LogP contribution is -2.36. The van der Waals surface area contributed by atoms with Crippen molar-refractivity contribution < 1.29 is 9.59 Å². The molecule has 26 heavy (non-hydrogen) atoms. The summed E-state index contributed by atoms with van der Waals surface area (Å²) in [6.07, 6.45) is 3.97. The van der Waals surface area contributed by atoms with Gasteiger partial charge in [0.05, 0.1) is 0 Å². The minimum absolute atomic E-state index is 0.0736. The molecule has 2 aromatic rings. The Morgan fingerprint density at radius 2 is 1.77 bits per heavy atom. The van der Waals surface area contributed by atoms with Crippen LogP contribution in [0.4, 0.5) is 0 Å². The molecule has 5 nitrogen and oxygen atoms in total. The van der Waals surface area contributed by atoms with Crippen LogP contribution >= 0.6 is 0 Å². The van der Waals surface area contributed by atoms with Crippen LogP contribution in [-0.2, 0) is 4.79 Å². The number of carbonyl (C=O) groups excluding carboxylic acids is 2. The van der Waals surface area contributed by atoms with Gasteiger partial charge in [-0.15, -0.1) is 0 Å². The van der Waals surface area contributed by atoms with E-state index in [-0.39, 0.29) is 17.7 Å². The second-order valence-electron chi connectivity index (χ2n) is 7.45. The molecule has 140 valence electrons. The second-order valence-corrected chi connectivity index (χ2v) is 7.45. The first kappa shape index (κ1) is 19.9. The number of fused-ring (bicyclic) bond motifs is 1. The lowest BCUT2D eigenvalue weighted by Gasteiger charge is -2.17. The fourth-order valence-electron chi connectivity index (χ4n) is 2.63. The molecule has 0 fully saturated rings. The minimum atomic E-state index is -0.116. The van der Waals surface area contributed by atoms with Crippen molar-refractivity contribution in [2.24, 2.45) is 17.8 Å². The third kappa shape index (κ3) is 5.55. The third-order valence-corrected chi connectivity index (χ3v) is 4.83. The van der Waals surface area contributed by atoms with E-state index in [1.807, 2.05) is 25.1 Å². The Balaban J connectivity index is 1.82. The quantitative estimate of drug-likeness (QED) is 0.762. The number of hydrogen-bond acceptors (Lipinski definition) is 3. The van der Waals surface area contributed by atoms with Gasteiger partial charge in [-0.25, -0.2) is 0 Å². The van der Waals surface area contributed by atoms with E-state index in [0.29, 0.717) is 36.9 Å². The maximum absolute atomic E-state index is 12.5. The molecule has 0 bridgehead atoms. The summed E-state index contributed by atoms with van der Waals surface area (Å²) in [5, 5.41) is 7.75. The zero-order valence-electron chi connectivity index (χ0n) is 16.1. The topological polar surface area (TPSA) is 71.1 Å². The van der Waals surface area contributed by atoms with Crippen molar-refractivity contribution in [2.45, 2.75) is 34.1 Å². The summed E-state index contributed by atoms with van der Waals surface area (Å²) >= 11 is 0. The summed E-state index contributed by atoms with van der Waals surface area (Å²) < 4.78 is 0. The Morgan fingerprint density at radius 3 is 2.50 bits per heavy atom. The van der Waals surface area contributed by atoms with Crippen molar-refractivity contribution in [3.63, 3.8) is 0 Å². The average molecular weight is 355 g/mol. The van der Waals surface area contributed by atoms with Gasteiger partial charge < -0.3 is 10.6 Å². The summed E-state index contributed by atoms with van der Waals surface area (Å²) in [5.41, 5.74) is 0.623. The number of nitrogens with zero attached hydrogens (tertiary/aromatic N) is 1. The van der Waals surface area contributed by atoms with E-state index in [4.69, 9.17) is 0 Å². The van der Waals surface area contributed by atoms with Crippen LogP contribution < -0.4 is 10.6 Å². The first-order valence-electron chi connectivity index (χ1n) is 9.26. The Kier molecular flexibility index (Phi) is 7.13. The maximum Gasteiger partial charge on any atom is 0.251 e. The molecule has 5 heteroatoms. The van der Waals surface area contributed by atoms with E-state index in [1.54, 1.807) is 18.5 Å². The van der Waals surface area contributed by atoms with Gasteiger partial charge in [-0.05, 0) is 35.3 Å². The summed E-state index contributed by atoms with van der Waals surface area (Å²) in [5.74, 6) is 0.975. The second kappa shape index (κ2) is 9.32. The molecule has 2 amide bonds. The highest BCUT2D eigenvalue weighted by Gasteiger charge is 2.14. The predicted octanol–water partition coefficient (Wildman–Crippen LogP) is 3.40. The van der Waals surface area contributed by atoms with Crippen LogP contribution in [0.25, 0.3) is 10.8 Å². The van der Waals surface area contributed by atoms with Crippen LogP contribution in [0.3, 0.4) is 0 Å². The molecule has 0 aliphatic rings. The van der Waals surface area contributed by atoms with Crippen LogP contribution in [0, 0.1) is 17.8 Å². The number of amides is 2. The molecule has 0 aliphatic carbocycles. The van der Waals surface area contributed by atoms with E-state index >= 15 is 0 Å². The molecule has 0 spiro atoms. The van der Waals surface area contributed by atoms with Crippen molar-refractivity contribution >= 4 is 22.6 Å². The van der Waals surface area contributed by atoms with E-state index < -0.39 is 0 Å². The molecular weight excluding hydrogens is 326 g/mol. The van der Waals surface area contributed by atoms with Gasteiger partial charge in [0.15, 0.2) is 0 Å². The molecule has 0 saturated heterocycles. The summed E-state index contributed by atoms with van der Waals surface area (Å²) in [4.78, 5) is 28.6. The number of carbonyl (C=O) groups is 2. The number of benzene rings is 1. The molecule has 0 radical (unpaired) electrons. The molecule has 2 atom stereocenters. The van der Waals surface area contributed by atoms with Crippen molar-refractivity contribution in [1.29, 1.82) is 0 Å². The van der Waals surface area contributed by atoms with Gasteiger partial charge in [0.25, 0.3) is 5.91 Å². The summed E-state index contributed by atoms with van der Waals surface area (Å²) in [6, 6.07) is 7.53. The van der Waals surface area contributed by atoms with E-state index in [1.165, 1.54) is 0 Å². The number of aromatic nitrogens is 1. The monoisotopic (exact) mass is 355 g/mol. The first-order chi connectivity index (χ1) is 12.4. The van der Waals surface area contributed by atoms with Crippen molar-refractivity contribution in [3.8, 4) is 0 Å². The molecular formula is C21H29N3O2. The number of rotatable bonds is 8. The van der Waals surface area contributed by atoms with Gasteiger partial charge in [-0.1, -0.05) is 39.8 Å². The van der Waals surface area contributed by atoms with Gasteiger partial charge >= 0.3 is 0 Å². The van der Waals surface area contributed by atoms with Gasteiger partial charge in [0.2, 0.25) is 5.91 Å². The van der Waals surface area contributed by atoms with E-state index in [9.17, 15) is 9.59 Å².